The normalized spacial score (nSPS) is 18.9. The molecule has 0 N–H and O–H groups in total. The summed E-state index contributed by atoms with van der Waals surface area (Å²) in [6.07, 6.45) is 21.5. The van der Waals surface area contributed by atoms with Crippen LogP contribution in [0.4, 0.5) is 0 Å². The van der Waals surface area contributed by atoms with Gasteiger partial charge in [0.1, 0.15) is 6.10 Å². The minimum Gasteiger partial charge on any atom is -0.458 e. The van der Waals surface area contributed by atoms with Gasteiger partial charge in [-0.2, -0.15) is 0 Å². The molecule has 188 valence electrons. The third kappa shape index (κ3) is 12.1. The first-order valence-corrected chi connectivity index (χ1v) is 14.1. The molecule has 0 aromatic heterocycles. The van der Waals surface area contributed by atoms with Crippen molar-refractivity contribution >= 4 is 5.97 Å². The highest BCUT2D eigenvalue weighted by Crippen LogP contribution is 2.29. The number of carbonyl (C=O) groups excluding carboxylic acids is 1. The zero-order valence-electron chi connectivity index (χ0n) is 22.0. The number of unbranched alkanes of at least 4 members (excludes halogenated alkanes) is 11. The van der Waals surface area contributed by atoms with Crippen molar-refractivity contribution in [3.05, 3.63) is 35.9 Å². The molecule has 1 saturated carbocycles. The molecule has 0 aliphatic heterocycles. The van der Waals surface area contributed by atoms with E-state index in [0.717, 1.165) is 17.4 Å². The summed E-state index contributed by atoms with van der Waals surface area (Å²) in [5.74, 6) is 0.331. The summed E-state index contributed by atoms with van der Waals surface area (Å²) in [5, 5.41) is 0. The Morgan fingerprint density at radius 2 is 1.36 bits per heavy atom. The van der Waals surface area contributed by atoms with Crippen molar-refractivity contribution in [2.24, 2.45) is 5.92 Å². The summed E-state index contributed by atoms with van der Waals surface area (Å²) in [6, 6.07) is 9.46. The Morgan fingerprint density at radius 1 is 0.818 bits per heavy atom. The molecule has 2 atom stereocenters. The summed E-state index contributed by atoms with van der Waals surface area (Å²) >= 11 is 0. The quantitative estimate of drug-likeness (QED) is 0.134. The molecule has 0 saturated heterocycles. The van der Waals surface area contributed by atoms with Gasteiger partial charge >= 0.3 is 5.97 Å². The predicted molar refractivity (Wildman–Crippen MR) is 141 cm³/mol. The molecule has 0 bridgehead atoms. The van der Waals surface area contributed by atoms with Gasteiger partial charge in [0.25, 0.3) is 0 Å². The SMILES string of the molecule is CCCCCCCCCCCCCC[N+](C)(C)C[C@H]1CCCC[C@@H]1OC(=O)c1ccccc1. The molecule has 1 aromatic carbocycles. The molecule has 1 aromatic rings. The van der Waals surface area contributed by atoms with Crippen molar-refractivity contribution in [1.82, 2.24) is 0 Å². The Balaban J connectivity index is 1.60. The number of hydrogen-bond acceptors (Lipinski definition) is 2. The lowest BCUT2D eigenvalue weighted by Crippen LogP contribution is -2.48. The molecule has 0 amide bonds. The molecule has 0 unspecified atom stereocenters. The fraction of sp³-hybridized carbons (Fsp3) is 0.767. The predicted octanol–water partition coefficient (Wildman–Crippen LogP) is 8.18. The van der Waals surface area contributed by atoms with Crippen molar-refractivity contribution in [2.75, 3.05) is 27.2 Å². The summed E-state index contributed by atoms with van der Waals surface area (Å²) in [6.45, 7) is 4.63. The van der Waals surface area contributed by atoms with Crippen molar-refractivity contribution < 1.29 is 14.0 Å². The van der Waals surface area contributed by atoms with E-state index in [0.29, 0.717) is 11.5 Å². The first-order chi connectivity index (χ1) is 16.0. The maximum absolute atomic E-state index is 12.6. The lowest BCUT2D eigenvalue weighted by atomic mass is 9.85. The van der Waals surface area contributed by atoms with Crippen LogP contribution in [0.25, 0.3) is 0 Å². The number of rotatable bonds is 17. The Labute approximate surface area is 204 Å². The average molecular weight is 459 g/mol. The molecule has 0 spiro atoms. The topological polar surface area (TPSA) is 26.3 Å². The largest absolute Gasteiger partial charge is 0.458 e. The van der Waals surface area contributed by atoms with E-state index in [-0.39, 0.29) is 12.1 Å². The zero-order chi connectivity index (χ0) is 23.8. The summed E-state index contributed by atoms with van der Waals surface area (Å²) in [5.41, 5.74) is 0.673. The van der Waals surface area contributed by atoms with Crippen LogP contribution in [0.5, 0.6) is 0 Å². The van der Waals surface area contributed by atoms with Gasteiger partial charge in [0.05, 0.1) is 32.7 Å². The minimum absolute atomic E-state index is 0.0748. The van der Waals surface area contributed by atoms with Crippen molar-refractivity contribution in [3.8, 4) is 0 Å². The highest BCUT2D eigenvalue weighted by Gasteiger charge is 2.33. The maximum Gasteiger partial charge on any atom is 0.338 e. The molecule has 3 nitrogen and oxygen atoms in total. The van der Waals surface area contributed by atoms with E-state index >= 15 is 0 Å². The zero-order valence-corrected chi connectivity index (χ0v) is 22.0. The van der Waals surface area contributed by atoms with Crippen LogP contribution >= 0.6 is 0 Å². The van der Waals surface area contributed by atoms with Crippen LogP contribution in [0.2, 0.25) is 0 Å². The van der Waals surface area contributed by atoms with Crippen LogP contribution in [0.15, 0.2) is 30.3 Å². The van der Waals surface area contributed by atoms with E-state index in [1.165, 1.54) is 103 Å². The maximum atomic E-state index is 12.6. The number of nitrogens with zero attached hydrogens (tertiary/aromatic N) is 1. The van der Waals surface area contributed by atoms with Gasteiger partial charge in [0.15, 0.2) is 0 Å². The third-order valence-electron chi connectivity index (χ3n) is 7.45. The lowest BCUT2D eigenvalue weighted by Gasteiger charge is -2.38. The molecule has 1 fully saturated rings. The molecule has 33 heavy (non-hydrogen) atoms. The van der Waals surface area contributed by atoms with Crippen molar-refractivity contribution in [3.63, 3.8) is 0 Å². The summed E-state index contributed by atoms with van der Waals surface area (Å²) < 4.78 is 7.05. The van der Waals surface area contributed by atoms with Crippen molar-refractivity contribution in [2.45, 2.75) is 116 Å². The van der Waals surface area contributed by atoms with E-state index in [1.54, 1.807) is 0 Å². The highest BCUT2D eigenvalue weighted by atomic mass is 16.5. The van der Waals surface area contributed by atoms with E-state index < -0.39 is 0 Å². The minimum atomic E-state index is -0.154. The van der Waals surface area contributed by atoms with Crippen LogP contribution in [0.1, 0.15) is 120 Å². The standard InChI is InChI=1S/C30H52NO2/c1-4-5-6-7-8-9-10-11-12-13-14-20-25-31(2,3)26-28-23-18-19-24-29(28)33-30(32)27-21-16-15-17-22-27/h15-17,21-22,28-29H,4-14,18-20,23-26H2,1-3H3/q+1/t28-,29+/m1/s1. The summed E-state index contributed by atoms with van der Waals surface area (Å²) in [4.78, 5) is 12.6. The Morgan fingerprint density at radius 3 is 1.97 bits per heavy atom. The number of esters is 1. The van der Waals surface area contributed by atoms with Gasteiger partial charge in [-0.3, -0.25) is 0 Å². The molecule has 1 aliphatic carbocycles. The van der Waals surface area contributed by atoms with Crippen LogP contribution in [-0.4, -0.2) is 43.7 Å². The lowest BCUT2D eigenvalue weighted by molar-refractivity contribution is -0.894. The number of ether oxygens (including phenoxy) is 1. The second kappa shape index (κ2) is 16.3. The number of carbonyl (C=O) groups is 1. The van der Waals surface area contributed by atoms with Gasteiger partial charge < -0.3 is 9.22 Å². The van der Waals surface area contributed by atoms with Gasteiger partial charge in [-0.1, -0.05) is 95.8 Å². The number of hydrogen-bond donors (Lipinski definition) is 0. The van der Waals surface area contributed by atoms with E-state index in [2.05, 4.69) is 21.0 Å². The molecule has 1 aliphatic rings. The molecule has 3 heteroatoms. The Kier molecular flexibility index (Phi) is 13.8. The van der Waals surface area contributed by atoms with Gasteiger partial charge in [-0.25, -0.2) is 4.79 Å². The average Bonchev–Trinajstić information content (AvgIpc) is 2.81. The van der Waals surface area contributed by atoms with Gasteiger partial charge in [0.2, 0.25) is 0 Å². The van der Waals surface area contributed by atoms with Crippen LogP contribution in [-0.2, 0) is 4.74 Å². The molecule has 0 heterocycles. The second-order valence-electron chi connectivity index (χ2n) is 11.1. The van der Waals surface area contributed by atoms with Crippen LogP contribution in [0.3, 0.4) is 0 Å². The van der Waals surface area contributed by atoms with Crippen molar-refractivity contribution in [1.29, 1.82) is 0 Å². The molecule has 0 radical (unpaired) electrons. The highest BCUT2D eigenvalue weighted by molar-refractivity contribution is 5.89. The number of benzene rings is 1. The fourth-order valence-corrected chi connectivity index (χ4v) is 5.42. The van der Waals surface area contributed by atoms with Gasteiger partial charge in [-0.05, 0) is 44.2 Å². The first kappa shape index (κ1) is 27.9. The van der Waals surface area contributed by atoms with E-state index in [4.69, 9.17) is 4.74 Å². The smallest absolute Gasteiger partial charge is 0.338 e. The van der Waals surface area contributed by atoms with Gasteiger partial charge in [0, 0.05) is 5.92 Å². The van der Waals surface area contributed by atoms with Crippen LogP contribution < -0.4 is 0 Å². The third-order valence-corrected chi connectivity index (χ3v) is 7.45. The fourth-order valence-electron chi connectivity index (χ4n) is 5.42. The Bertz CT molecular complexity index is 627. The number of quaternary nitrogens is 1. The van der Waals surface area contributed by atoms with Crippen LogP contribution in [0, 0.1) is 5.92 Å². The van der Waals surface area contributed by atoms with Gasteiger partial charge in [-0.15, -0.1) is 0 Å². The first-order valence-electron chi connectivity index (χ1n) is 14.1. The molecule has 2 rings (SSSR count). The second-order valence-corrected chi connectivity index (χ2v) is 11.1. The summed E-state index contributed by atoms with van der Waals surface area (Å²) in [7, 11) is 4.73. The van der Waals surface area contributed by atoms with E-state index in [1.807, 2.05) is 30.3 Å². The molecular weight excluding hydrogens is 406 g/mol. The monoisotopic (exact) mass is 458 g/mol. The molecular formula is C30H52NO2+. The Hall–Kier alpha value is -1.35. The van der Waals surface area contributed by atoms with E-state index in [9.17, 15) is 4.79 Å².